The minimum Gasteiger partial charge on any atom is -0.476 e. The molecule has 2 aliphatic rings. The summed E-state index contributed by atoms with van der Waals surface area (Å²) in [4.78, 5) is 39.5. The van der Waals surface area contributed by atoms with Gasteiger partial charge >= 0.3 is 0 Å². The molecule has 0 saturated carbocycles. The number of nitrogens with two attached hydrogens (primary N) is 1. The fourth-order valence-electron chi connectivity index (χ4n) is 5.62. The summed E-state index contributed by atoms with van der Waals surface area (Å²) in [5.41, 5.74) is 6.85. The standard InChI is InChI=1S/C31H30ClF2N9O3/c32-23-15-20(1-2-21(23)31(45)42-12-10-40(11-13-42)8-9-41-17-19(18-41)28(36)44)39-29-30-38-16-24(43(30)7-6-37-29)22-3-4-25(46-14-5-35)27(34)26(22)33/h1-4,6-7,15-16,19H,8-14,17-18H2,(H2,36,44)(H,37,39). The molecule has 3 N–H and O–H groups in total. The monoisotopic (exact) mass is 649 g/mol. The maximum atomic E-state index is 15.0. The second-order valence-electron chi connectivity index (χ2n) is 11.1. The molecule has 0 atom stereocenters. The Bertz CT molecular complexity index is 1830. The molecule has 0 aliphatic carbocycles. The third-order valence-electron chi connectivity index (χ3n) is 8.26. The van der Waals surface area contributed by atoms with E-state index in [0.717, 1.165) is 26.2 Å². The van der Waals surface area contributed by atoms with Crippen molar-refractivity contribution in [2.45, 2.75) is 0 Å². The molecule has 2 aromatic heterocycles. The topological polar surface area (TPSA) is 145 Å². The second kappa shape index (κ2) is 13.3. The van der Waals surface area contributed by atoms with E-state index in [-0.39, 0.29) is 39.8 Å². The number of rotatable bonds is 10. The van der Waals surface area contributed by atoms with Gasteiger partial charge in [0.05, 0.1) is 28.4 Å². The predicted molar refractivity (Wildman–Crippen MR) is 166 cm³/mol. The number of nitrogens with zero attached hydrogens (tertiary/aromatic N) is 7. The predicted octanol–water partition coefficient (Wildman–Crippen LogP) is 3.15. The van der Waals surface area contributed by atoms with Gasteiger partial charge in [-0.2, -0.15) is 9.65 Å². The number of hydrogen-bond donors (Lipinski definition) is 2. The molecule has 4 heterocycles. The highest BCUT2D eigenvalue weighted by molar-refractivity contribution is 6.34. The van der Waals surface area contributed by atoms with E-state index < -0.39 is 18.2 Å². The number of anilines is 2. The summed E-state index contributed by atoms with van der Waals surface area (Å²) in [6.07, 6.45) is 4.45. The van der Waals surface area contributed by atoms with Crippen molar-refractivity contribution in [2.24, 2.45) is 11.7 Å². The molecule has 12 nitrogen and oxygen atoms in total. The molecule has 15 heteroatoms. The highest BCUT2D eigenvalue weighted by Gasteiger charge is 2.31. The van der Waals surface area contributed by atoms with Gasteiger partial charge in [0.15, 0.2) is 29.6 Å². The van der Waals surface area contributed by atoms with Gasteiger partial charge in [-0.05, 0) is 30.3 Å². The van der Waals surface area contributed by atoms with Gasteiger partial charge in [-0.1, -0.05) is 11.6 Å². The maximum Gasteiger partial charge on any atom is 0.255 e. The Labute approximate surface area is 267 Å². The first kappa shape index (κ1) is 31.2. The number of likely N-dealkylation sites (tertiary alicyclic amines) is 1. The van der Waals surface area contributed by atoms with Crippen LogP contribution in [0.5, 0.6) is 5.75 Å². The van der Waals surface area contributed by atoms with Crippen molar-refractivity contribution >= 4 is 40.6 Å². The molecule has 0 radical (unpaired) electrons. The zero-order valence-corrected chi connectivity index (χ0v) is 25.4. The van der Waals surface area contributed by atoms with Crippen LogP contribution in [0.4, 0.5) is 20.3 Å². The number of benzene rings is 2. The number of nitrogens with one attached hydrogen (secondary N) is 1. The van der Waals surface area contributed by atoms with Crippen molar-refractivity contribution < 1.29 is 23.1 Å². The highest BCUT2D eigenvalue weighted by Crippen LogP contribution is 2.32. The van der Waals surface area contributed by atoms with E-state index in [0.29, 0.717) is 48.9 Å². The number of piperazine rings is 1. The van der Waals surface area contributed by atoms with Crippen molar-refractivity contribution in [3.05, 3.63) is 71.1 Å². The number of aromatic nitrogens is 3. The van der Waals surface area contributed by atoms with E-state index in [1.165, 1.54) is 24.5 Å². The lowest BCUT2D eigenvalue weighted by Crippen LogP contribution is -2.55. The van der Waals surface area contributed by atoms with Crippen LogP contribution in [0, 0.1) is 28.9 Å². The van der Waals surface area contributed by atoms with E-state index in [2.05, 4.69) is 25.1 Å². The van der Waals surface area contributed by atoms with Crippen LogP contribution in [0.15, 0.2) is 48.9 Å². The summed E-state index contributed by atoms with van der Waals surface area (Å²) >= 11 is 6.58. The molecule has 2 aliphatic heterocycles. The lowest BCUT2D eigenvalue weighted by atomic mass is 10.00. The van der Waals surface area contributed by atoms with Gasteiger partial charge in [0.1, 0.15) is 6.07 Å². The third-order valence-corrected chi connectivity index (χ3v) is 8.57. The molecule has 2 amide bonds. The average molecular weight is 650 g/mol. The summed E-state index contributed by atoms with van der Waals surface area (Å²) in [7, 11) is 0. The second-order valence-corrected chi connectivity index (χ2v) is 11.5. The Hall–Kier alpha value is -4.84. The van der Waals surface area contributed by atoms with Gasteiger partial charge < -0.3 is 25.6 Å². The number of imidazole rings is 1. The Morgan fingerprint density at radius 2 is 1.83 bits per heavy atom. The first-order valence-electron chi connectivity index (χ1n) is 14.6. The van der Waals surface area contributed by atoms with Crippen LogP contribution < -0.4 is 15.8 Å². The third kappa shape index (κ3) is 6.30. The van der Waals surface area contributed by atoms with Crippen LogP contribution in [0.2, 0.25) is 5.02 Å². The van der Waals surface area contributed by atoms with Gasteiger partial charge in [-0.15, -0.1) is 0 Å². The van der Waals surface area contributed by atoms with Crippen LogP contribution in [-0.2, 0) is 4.79 Å². The Morgan fingerprint density at radius 1 is 1.07 bits per heavy atom. The molecule has 0 spiro atoms. The summed E-state index contributed by atoms with van der Waals surface area (Å²) in [5, 5.41) is 12.1. The first-order valence-corrected chi connectivity index (χ1v) is 15.0. The number of primary amides is 1. The van der Waals surface area contributed by atoms with Crippen LogP contribution in [0.25, 0.3) is 16.9 Å². The lowest BCUT2D eigenvalue weighted by molar-refractivity contribution is -0.126. The molecular formula is C31H30ClF2N9O3. The Morgan fingerprint density at radius 3 is 2.54 bits per heavy atom. The number of carbonyl (C=O) groups excluding carboxylic acids is 2. The number of nitriles is 1. The number of hydrogen-bond acceptors (Lipinski definition) is 9. The van der Waals surface area contributed by atoms with Crippen molar-refractivity contribution in [3.63, 3.8) is 0 Å². The summed E-state index contributed by atoms with van der Waals surface area (Å²) in [6.45, 7) is 5.38. The van der Waals surface area contributed by atoms with E-state index in [9.17, 15) is 18.4 Å². The number of carbonyl (C=O) groups is 2. The highest BCUT2D eigenvalue weighted by atomic mass is 35.5. The fraction of sp³-hybridized carbons (Fsp3) is 0.323. The van der Waals surface area contributed by atoms with Gasteiger partial charge in [-0.3, -0.25) is 18.9 Å². The molecule has 0 unspecified atom stereocenters. The minimum atomic E-state index is -1.20. The van der Waals surface area contributed by atoms with Crippen LogP contribution >= 0.6 is 11.6 Å². The first-order chi connectivity index (χ1) is 22.2. The fourth-order valence-corrected chi connectivity index (χ4v) is 5.88. The van der Waals surface area contributed by atoms with E-state index in [4.69, 9.17) is 27.3 Å². The number of ether oxygens (including phenoxy) is 1. The van der Waals surface area contributed by atoms with Crippen LogP contribution in [0.1, 0.15) is 10.4 Å². The Balaban J connectivity index is 1.09. The number of amides is 2. The molecule has 2 aromatic carbocycles. The smallest absolute Gasteiger partial charge is 0.255 e. The van der Waals surface area contributed by atoms with E-state index in [1.807, 2.05) is 0 Å². The van der Waals surface area contributed by atoms with Crippen LogP contribution in [0.3, 0.4) is 0 Å². The molecular weight excluding hydrogens is 620 g/mol. The van der Waals surface area contributed by atoms with Gasteiger partial charge in [0.2, 0.25) is 11.7 Å². The summed E-state index contributed by atoms with van der Waals surface area (Å²) in [6, 6.07) is 9.33. The Kier molecular flexibility index (Phi) is 8.98. The molecule has 4 aromatic rings. The molecule has 238 valence electrons. The molecule has 2 fully saturated rings. The van der Waals surface area contributed by atoms with Gasteiger partial charge in [0, 0.05) is 76.0 Å². The van der Waals surface area contributed by atoms with Gasteiger partial charge in [0.25, 0.3) is 5.91 Å². The molecule has 6 rings (SSSR count). The zero-order valence-electron chi connectivity index (χ0n) is 24.6. The normalized spacial score (nSPS) is 15.8. The van der Waals surface area contributed by atoms with Crippen molar-refractivity contribution in [1.29, 1.82) is 5.26 Å². The van der Waals surface area contributed by atoms with E-state index >= 15 is 0 Å². The van der Waals surface area contributed by atoms with Crippen LogP contribution in [-0.4, -0.2) is 99.8 Å². The largest absolute Gasteiger partial charge is 0.476 e. The van der Waals surface area contributed by atoms with E-state index in [1.54, 1.807) is 39.8 Å². The summed E-state index contributed by atoms with van der Waals surface area (Å²) in [5.74, 6) is -2.81. The van der Waals surface area contributed by atoms with Crippen molar-refractivity contribution in [1.82, 2.24) is 29.1 Å². The van der Waals surface area contributed by atoms with Crippen molar-refractivity contribution in [3.8, 4) is 23.1 Å². The quantitative estimate of drug-likeness (QED) is 0.265. The van der Waals surface area contributed by atoms with Crippen molar-refractivity contribution in [2.75, 3.05) is 64.3 Å². The molecule has 0 bridgehead atoms. The maximum absolute atomic E-state index is 15.0. The average Bonchev–Trinajstić information content (AvgIpc) is 3.46. The molecule has 46 heavy (non-hydrogen) atoms. The number of halogens is 3. The SMILES string of the molecule is N#CCOc1ccc(-c2cnc3c(Nc4ccc(C(=O)N5CCN(CCN6CC(C(N)=O)C6)CC5)c(Cl)c4)nccn23)c(F)c1F. The summed E-state index contributed by atoms with van der Waals surface area (Å²) < 4.78 is 36.1. The zero-order chi connectivity index (χ0) is 32.4. The minimum absolute atomic E-state index is 0.0467. The van der Waals surface area contributed by atoms with Gasteiger partial charge in [-0.25, -0.2) is 14.4 Å². The molecule has 2 saturated heterocycles. The lowest BCUT2D eigenvalue weighted by Gasteiger charge is -2.40. The number of fused-ring (bicyclic) bond motifs is 1.